The average Bonchev–Trinajstić information content (AvgIpc) is 1.52. The monoisotopic (exact) mass is 200 g/mol. The number of rotatable bonds is 2. The van der Waals surface area contributed by atoms with E-state index in [2.05, 4.69) is 0 Å². The van der Waals surface area contributed by atoms with E-state index in [-0.39, 0.29) is 0 Å². The lowest BCUT2D eigenvalue weighted by molar-refractivity contribution is 0.0300. The predicted octanol–water partition coefficient (Wildman–Crippen LogP) is 1.17. The third-order valence-electron chi connectivity index (χ3n) is 0.544. The molecule has 0 heterocycles. The fraction of sp³-hybridized carbons (Fsp3) is 1.00. The molecule has 0 aromatic rings. The van der Waals surface area contributed by atoms with Crippen LogP contribution in [0.3, 0.4) is 0 Å². The van der Waals surface area contributed by atoms with E-state index >= 15 is 0 Å². The summed E-state index contributed by atoms with van der Waals surface area (Å²) in [5.74, 6) is 0. The fourth-order valence-corrected chi connectivity index (χ4v) is 0.544. The smallest absolute Gasteiger partial charge is 0.376 e. The highest BCUT2D eigenvalue weighted by Gasteiger charge is 1.94. The minimum absolute atomic E-state index is 0.375. The van der Waals surface area contributed by atoms with Crippen LogP contribution in [0.15, 0.2) is 0 Å². The van der Waals surface area contributed by atoms with E-state index in [9.17, 15) is 0 Å². The maximum atomic E-state index is 8.74. The Labute approximate surface area is 73.3 Å². The first-order valence-electron chi connectivity index (χ1n) is 3.48. The second-order valence-electron chi connectivity index (χ2n) is 2.68. The zero-order valence-electron chi connectivity index (χ0n) is 7.68. The van der Waals surface area contributed by atoms with Gasteiger partial charge in [0.1, 0.15) is 0 Å². The molecule has 0 saturated heterocycles. The van der Waals surface area contributed by atoms with Crippen molar-refractivity contribution in [3.63, 3.8) is 0 Å². The van der Waals surface area contributed by atoms with Crippen LogP contribution in [0.2, 0.25) is 0 Å². The van der Waals surface area contributed by atoms with Crippen molar-refractivity contribution in [1.29, 1.82) is 0 Å². The van der Waals surface area contributed by atoms with Gasteiger partial charge in [0, 0.05) is 0 Å². The van der Waals surface area contributed by atoms with E-state index in [0.29, 0.717) is 12.2 Å². The van der Waals surface area contributed by atoms with Crippen LogP contribution in [0, 0.1) is 0 Å². The van der Waals surface area contributed by atoms with Gasteiger partial charge in [-0.15, -0.1) is 0 Å². The molecule has 12 heavy (non-hydrogen) atoms. The zero-order chi connectivity index (χ0) is 10.4. The van der Waals surface area contributed by atoms with Crippen LogP contribution in [-0.2, 0) is 15.1 Å². The molecule has 6 heteroatoms. The van der Waals surface area contributed by atoms with Crippen LogP contribution in [0.25, 0.3) is 0 Å². The first kappa shape index (κ1) is 14.4. The third kappa shape index (κ3) is 52.2. The standard InChI is InChI=1S/C6H14O.H2O4S/c1-5(2)7-6(3)4;1-5(2,3)4/h5-6H,1-4H3;(H2,1,2,3,4). The molecule has 0 spiro atoms. The summed E-state index contributed by atoms with van der Waals surface area (Å²) < 4.78 is 36.8. The summed E-state index contributed by atoms with van der Waals surface area (Å²) in [6.45, 7) is 8.17. The van der Waals surface area contributed by atoms with E-state index < -0.39 is 10.4 Å². The van der Waals surface area contributed by atoms with Crippen molar-refractivity contribution in [3.05, 3.63) is 0 Å². The third-order valence-corrected chi connectivity index (χ3v) is 0.544. The Hall–Kier alpha value is -0.170. The van der Waals surface area contributed by atoms with Gasteiger partial charge in [0.15, 0.2) is 0 Å². The molecule has 2 N–H and O–H groups in total. The van der Waals surface area contributed by atoms with Crippen molar-refractivity contribution in [1.82, 2.24) is 0 Å². The molecule has 0 aliphatic carbocycles. The molecule has 0 bridgehead atoms. The fourth-order valence-electron chi connectivity index (χ4n) is 0.544. The van der Waals surface area contributed by atoms with Crippen LogP contribution >= 0.6 is 0 Å². The van der Waals surface area contributed by atoms with Gasteiger partial charge in [0.05, 0.1) is 12.2 Å². The number of hydrogen-bond donors (Lipinski definition) is 2. The molecular formula is C6H16O5S. The van der Waals surface area contributed by atoms with Crippen LogP contribution in [-0.4, -0.2) is 29.7 Å². The highest BCUT2D eigenvalue weighted by molar-refractivity contribution is 7.79. The summed E-state index contributed by atoms with van der Waals surface area (Å²) in [7, 11) is -4.67. The molecule has 0 radical (unpaired) electrons. The Morgan fingerprint density at radius 3 is 1.17 bits per heavy atom. The first-order valence-corrected chi connectivity index (χ1v) is 4.88. The molecular weight excluding hydrogens is 184 g/mol. The van der Waals surface area contributed by atoms with Crippen LogP contribution < -0.4 is 0 Å². The predicted molar refractivity (Wildman–Crippen MR) is 45.5 cm³/mol. The summed E-state index contributed by atoms with van der Waals surface area (Å²) >= 11 is 0. The van der Waals surface area contributed by atoms with Crippen molar-refractivity contribution in [2.24, 2.45) is 0 Å². The van der Waals surface area contributed by atoms with Crippen molar-refractivity contribution < 1.29 is 22.3 Å². The zero-order valence-corrected chi connectivity index (χ0v) is 8.50. The normalized spacial score (nSPS) is 11.3. The van der Waals surface area contributed by atoms with Crippen molar-refractivity contribution in [2.75, 3.05) is 0 Å². The molecule has 0 saturated carbocycles. The molecule has 0 aromatic heterocycles. The Balaban J connectivity index is 0. The summed E-state index contributed by atoms with van der Waals surface area (Å²) in [5.41, 5.74) is 0. The topological polar surface area (TPSA) is 83.8 Å². The van der Waals surface area contributed by atoms with Crippen LogP contribution in [0.4, 0.5) is 0 Å². The van der Waals surface area contributed by atoms with Crippen LogP contribution in [0.5, 0.6) is 0 Å². The summed E-state index contributed by atoms with van der Waals surface area (Å²) in [4.78, 5) is 0. The van der Waals surface area contributed by atoms with Gasteiger partial charge in [-0.25, -0.2) is 0 Å². The minimum atomic E-state index is -4.67. The molecule has 0 aromatic carbocycles. The first-order chi connectivity index (χ1) is 5.13. The SMILES string of the molecule is CC(C)OC(C)C.O=S(=O)(O)O. The minimum Gasteiger partial charge on any atom is -0.376 e. The molecule has 0 aliphatic heterocycles. The van der Waals surface area contributed by atoms with E-state index in [1.807, 2.05) is 27.7 Å². The molecule has 0 unspecified atom stereocenters. The van der Waals surface area contributed by atoms with Gasteiger partial charge in [0.25, 0.3) is 0 Å². The Kier molecular flexibility index (Phi) is 7.61. The van der Waals surface area contributed by atoms with Crippen molar-refractivity contribution in [2.45, 2.75) is 39.9 Å². The molecule has 0 fully saturated rings. The van der Waals surface area contributed by atoms with Gasteiger partial charge in [-0.05, 0) is 27.7 Å². The van der Waals surface area contributed by atoms with Gasteiger partial charge in [-0.3, -0.25) is 9.11 Å². The van der Waals surface area contributed by atoms with Crippen LogP contribution in [0.1, 0.15) is 27.7 Å². The highest BCUT2D eigenvalue weighted by atomic mass is 32.3. The summed E-state index contributed by atoms with van der Waals surface area (Å²) in [5, 5.41) is 0. The molecule has 0 atom stereocenters. The van der Waals surface area contributed by atoms with E-state index in [0.717, 1.165) is 0 Å². The molecule has 0 amide bonds. The lowest BCUT2D eigenvalue weighted by atomic mass is 10.4. The van der Waals surface area contributed by atoms with Crippen molar-refractivity contribution >= 4 is 10.4 Å². The Morgan fingerprint density at radius 1 is 1.00 bits per heavy atom. The van der Waals surface area contributed by atoms with E-state index in [1.54, 1.807) is 0 Å². The lowest BCUT2D eigenvalue weighted by Crippen LogP contribution is -2.09. The molecule has 0 rings (SSSR count). The maximum Gasteiger partial charge on any atom is 0.394 e. The van der Waals surface area contributed by atoms with E-state index in [4.69, 9.17) is 22.3 Å². The van der Waals surface area contributed by atoms with Gasteiger partial charge in [-0.2, -0.15) is 8.42 Å². The largest absolute Gasteiger partial charge is 0.394 e. The summed E-state index contributed by atoms with van der Waals surface area (Å²) in [6.07, 6.45) is 0.750. The second-order valence-corrected chi connectivity index (χ2v) is 3.58. The highest BCUT2D eigenvalue weighted by Crippen LogP contribution is 1.93. The average molecular weight is 200 g/mol. The quantitative estimate of drug-likeness (QED) is 0.653. The molecule has 0 aliphatic rings. The van der Waals surface area contributed by atoms with Gasteiger partial charge in [-0.1, -0.05) is 0 Å². The summed E-state index contributed by atoms with van der Waals surface area (Å²) in [6, 6.07) is 0. The van der Waals surface area contributed by atoms with Crippen molar-refractivity contribution in [3.8, 4) is 0 Å². The second kappa shape index (κ2) is 6.36. The Morgan fingerprint density at radius 2 is 1.17 bits per heavy atom. The molecule has 5 nitrogen and oxygen atoms in total. The Bertz CT molecular complexity index is 168. The number of ether oxygens (including phenoxy) is 1. The maximum absolute atomic E-state index is 8.74. The van der Waals surface area contributed by atoms with E-state index in [1.165, 1.54) is 0 Å². The number of hydrogen-bond acceptors (Lipinski definition) is 3. The van der Waals surface area contributed by atoms with Gasteiger partial charge >= 0.3 is 10.4 Å². The van der Waals surface area contributed by atoms with Gasteiger partial charge < -0.3 is 4.74 Å². The molecule has 76 valence electrons. The van der Waals surface area contributed by atoms with Gasteiger partial charge in [0.2, 0.25) is 0 Å². The lowest BCUT2D eigenvalue weighted by Gasteiger charge is -2.09.